The number of hydrogen-bond acceptors (Lipinski definition) is 4. The van der Waals surface area contributed by atoms with E-state index in [1.165, 1.54) is 5.56 Å². The molecule has 0 bridgehead atoms. The summed E-state index contributed by atoms with van der Waals surface area (Å²) in [5, 5.41) is 7.66. The summed E-state index contributed by atoms with van der Waals surface area (Å²) in [6.07, 6.45) is 6.31. The summed E-state index contributed by atoms with van der Waals surface area (Å²) in [6, 6.07) is 4.32. The Morgan fingerprint density at radius 3 is 2.83 bits per heavy atom. The molecule has 0 saturated heterocycles. The molecule has 0 saturated carbocycles. The Bertz CT molecular complexity index is 465. The van der Waals surface area contributed by atoms with Gasteiger partial charge in [-0.05, 0) is 31.0 Å². The van der Waals surface area contributed by atoms with E-state index in [2.05, 4.69) is 34.2 Å². The highest BCUT2D eigenvalue weighted by molar-refractivity contribution is 5.13. The molecule has 0 aliphatic rings. The van der Waals surface area contributed by atoms with Crippen LogP contribution in [0.2, 0.25) is 0 Å². The molecule has 5 heteroatoms. The molecule has 1 atom stereocenters. The number of pyridine rings is 1. The second-order valence-electron chi connectivity index (χ2n) is 4.28. The molecular formula is C13H19N5. The van der Waals surface area contributed by atoms with Crippen molar-refractivity contribution in [3.05, 3.63) is 42.2 Å². The molecule has 1 N–H and O–H groups in total. The van der Waals surface area contributed by atoms with Gasteiger partial charge in [0.05, 0.1) is 6.54 Å². The van der Waals surface area contributed by atoms with Gasteiger partial charge in [-0.25, -0.2) is 9.67 Å². The van der Waals surface area contributed by atoms with Gasteiger partial charge in [-0.3, -0.25) is 4.98 Å². The third-order valence-electron chi connectivity index (χ3n) is 2.90. The van der Waals surface area contributed by atoms with E-state index < -0.39 is 0 Å². The van der Waals surface area contributed by atoms with Gasteiger partial charge in [0.1, 0.15) is 12.2 Å². The van der Waals surface area contributed by atoms with E-state index in [0.29, 0.717) is 0 Å². The van der Waals surface area contributed by atoms with Crippen LogP contribution in [0.25, 0.3) is 0 Å². The second kappa shape index (κ2) is 6.26. The van der Waals surface area contributed by atoms with Gasteiger partial charge in [-0.15, -0.1) is 0 Å². The third kappa shape index (κ3) is 3.13. The van der Waals surface area contributed by atoms with Gasteiger partial charge in [0, 0.05) is 25.0 Å². The number of hydrogen-bond donors (Lipinski definition) is 1. The zero-order valence-electron chi connectivity index (χ0n) is 10.9. The molecule has 0 aliphatic carbocycles. The molecule has 2 rings (SSSR count). The average molecular weight is 245 g/mol. The molecule has 5 nitrogen and oxygen atoms in total. The summed E-state index contributed by atoms with van der Waals surface area (Å²) < 4.78 is 1.95. The van der Waals surface area contributed by atoms with Crippen molar-refractivity contribution in [2.75, 3.05) is 0 Å². The minimum absolute atomic E-state index is 0.278. The Hall–Kier alpha value is -1.75. The maximum atomic E-state index is 4.28. The highest BCUT2D eigenvalue weighted by Crippen LogP contribution is 2.10. The van der Waals surface area contributed by atoms with Crippen molar-refractivity contribution in [1.29, 1.82) is 0 Å². The van der Waals surface area contributed by atoms with Crippen molar-refractivity contribution in [1.82, 2.24) is 25.1 Å². The molecule has 0 radical (unpaired) electrons. The fraction of sp³-hybridized carbons (Fsp3) is 0.462. The standard InChI is InChI=1S/C13H19N5/c1-3-8-18-13(16-10-17-18)9-15-11(2)12-4-6-14-7-5-12/h4-7,10-11,15H,3,8-9H2,1-2H3. The van der Waals surface area contributed by atoms with Crippen LogP contribution in [0.15, 0.2) is 30.9 Å². The van der Waals surface area contributed by atoms with E-state index >= 15 is 0 Å². The third-order valence-corrected chi connectivity index (χ3v) is 2.90. The van der Waals surface area contributed by atoms with Crippen LogP contribution in [0.4, 0.5) is 0 Å². The maximum Gasteiger partial charge on any atom is 0.140 e. The molecule has 2 heterocycles. The summed E-state index contributed by atoms with van der Waals surface area (Å²) >= 11 is 0. The van der Waals surface area contributed by atoms with Crippen LogP contribution >= 0.6 is 0 Å². The number of nitrogens with zero attached hydrogens (tertiary/aromatic N) is 4. The zero-order chi connectivity index (χ0) is 12.8. The minimum Gasteiger partial charge on any atom is -0.303 e. The van der Waals surface area contributed by atoms with Gasteiger partial charge in [0.2, 0.25) is 0 Å². The monoisotopic (exact) mass is 245 g/mol. The first-order valence-electron chi connectivity index (χ1n) is 6.31. The summed E-state index contributed by atoms with van der Waals surface area (Å²) in [6.45, 7) is 5.92. The van der Waals surface area contributed by atoms with Crippen molar-refractivity contribution in [3.8, 4) is 0 Å². The topological polar surface area (TPSA) is 55.6 Å². The van der Waals surface area contributed by atoms with Crippen LogP contribution in [0.3, 0.4) is 0 Å². The quantitative estimate of drug-likeness (QED) is 0.845. The van der Waals surface area contributed by atoms with Crippen LogP contribution in [0.5, 0.6) is 0 Å². The van der Waals surface area contributed by atoms with E-state index in [0.717, 1.165) is 25.3 Å². The summed E-state index contributed by atoms with van der Waals surface area (Å²) in [4.78, 5) is 8.30. The van der Waals surface area contributed by atoms with Crippen molar-refractivity contribution in [3.63, 3.8) is 0 Å². The van der Waals surface area contributed by atoms with Crippen LogP contribution < -0.4 is 5.32 Å². The highest BCUT2D eigenvalue weighted by Gasteiger charge is 2.07. The SMILES string of the molecule is CCCn1ncnc1CNC(C)c1ccncc1. The van der Waals surface area contributed by atoms with Crippen LogP contribution in [-0.4, -0.2) is 19.7 Å². The predicted octanol–water partition coefficient (Wildman–Crippen LogP) is 1.93. The molecule has 0 spiro atoms. The number of aryl methyl sites for hydroxylation is 1. The summed E-state index contributed by atoms with van der Waals surface area (Å²) in [5.41, 5.74) is 1.23. The number of rotatable bonds is 6. The van der Waals surface area contributed by atoms with Crippen molar-refractivity contribution in [2.24, 2.45) is 0 Å². The first-order chi connectivity index (χ1) is 8.81. The van der Waals surface area contributed by atoms with E-state index in [-0.39, 0.29) is 6.04 Å². The Morgan fingerprint density at radius 1 is 1.33 bits per heavy atom. The minimum atomic E-state index is 0.278. The number of aromatic nitrogens is 4. The molecule has 0 aromatic carbocycles. The molecule has 2 aromatic rings. The second-order valence-corrected chi connectivity index (χ2v) is 4.28. The lowest BCUT2D eigenvalue weighted by molar-refractivity contribution is 0.509. The molecule has 2 aromatic heterocycles. The smallest absolute Gasteiger partial charge is 0.140 e. The summed E-state index contributed by atoms with van der Waals surface area (Å²) in [5.74, 6) is 0.984. The zero-order valence-corrected chi connectivity index (χ0v) is 10.9. The maximum absolute atomic E-state index is 4.28. The van der Waals surface area contributed by atoms with Crippen LogP contribution in [-0.2, 0) is 13.1 Å². The van der Waals surface area contributed by atoms with E-state index in [4.69, 9.17) is 0 Å². The first kappa shape index (κ1) is 12.7. The Balaban J connectivity index is 1.93. The van der Waals surface area contributed by atoms with Gasteiger partial charge in [0.25, 0.3) is 0 Å². The summed E-state index contributed by atoms with van der Waals surface area (Å²) in [7, 11) is 0. The molecule has 18 heavy (non-hydrogen) atoms. The number of nitrogens with one attached hydrogen (secondary N) is 1. The molecule has 0 fully saturated rings. The largest absolute Gasteiger partial charge is 0.303 e. The van der Waals surface area contributed by atoms with Crippen LogP contribution in [0.1, 0.15) is 37.7 Å². The van der Waals surface area contributed by atoms with Crippen molar-refractivity contribution < 1.29 is 0 Å². The van der Waals surface area contributed by atoms with E-state index in [9.17, 15) is 0 Å². The molecule has 1 unspecified atom stereocenters. The molecule has 0 amide bonds. The highest BCUT2D eigenvalue weighted by atomic mass is 15.3. The Morgan fingerprint density at radius 2 is 2.11 bits per heavy atom. The van der Waals surface area contributed by atoms with Gasteiger partial charge >= 0.3 is 0 Å². The van der Waals surface area contributed by atoms with Crippen LogP contribution in [0, 0.1) is 0 Å². The van der Waals surface area contributed by atoms with Gasteiger partial charge in [-0.2, -0.15) is 5.10 Å². The normalized spacial score (nSPS) is 12.6. The predicted molar refractivity (Wildman–Crippen MR) is 69.8 cm³/mol. The molecule has 96 valence electrons. The van der Waals surface area contributed by atoms with Gasteiger partial charge in [0.15, 0.2) is 0 Å². The first-order valence-corrected chi connectivity index (χ1v) is 6.31. The van der Waals surface area contributed by atoms with Gasteiger partial charge in [-0.1, -0.05) is 6.92 Å². The lowest BCUT2D eigenvalue weighted by atomic mass is 10.1. The fourth-order valence-electron chi connectivity index (χ4n) is 1.84. The lowest BCUT2D eigenvalue weighted by Gasteiger charge is -2.13. The van der Waals surface area contributed by atoms with Gasteiger partial charge < -0.3 is 5.32 Å². The lowest BCUT2D eigenvalue weighted by Crippen LogP contribution is -2.21. The fourth-order valence-corrected chi connectivity index (χ4v) is 1.84. The average Bonchev–Trinajstić information content (AvgIpc) is 2.85. The van der Waals surface area contributed by atoms with Crippen molar-refractivity contribution in [2.45, 2.75) is 39.4 Å². The Kier molecular flexibility index (Phi) is 4.41. The molecule has 0 aliphatic heterocycles. The van der Waals surface area contributed by atoms with E-state index in [1.807, 2.05) is 29.2 Å². The molecular weight excluding hydrogens is 226 g/mol. The van der Waals surface area contributed by atoms with E-state index in [1.54, 1.807) is 6.33 Å². The van der Waals surface area contributed by atoms with Crippen molar-refractivity contribution >= 4 is 0 Å². The Labute approximate surface area is 107 Å².